The molecule has 1 aromatic heterocycles. The van der Waals surface area contributed by atoms with Crippen molar-refractivity contribution < 1.29 is 4.74 Å². The molecule has 0 saturated carbocycles. The van der Waals surface area contributed by atoms with Gasteiger partial charge in [-0.25, -0.2) is 4.98 Å². The van der Waals surface area contributed by atoms with E-state index in [-0.39, 0.29) is 0 Å². The number of ether oxygens (including phenoxy) is 1. The van der Waals surface area contributed by atoms with Crippen molar-refractivity contribution in [2.24, 2.45) is 5.73 Å². The first kappa shape index (κ1) is 13.3. The molecule has 0 unspecified atom stereocenters. The number of hydrogen-bond acceptors (Lipinski definition) is 4. The molecule has 0 amide bonds. The fourth-order valence-electron chi connectivity index (χ4n) is 1.73. The largest absolute Gasteiger partial charge is 0.491 e. The summed E-state index contributed by atoms with van der Waals surface area (Å²) in [5.41, 5.74) is 6.47. The van der Waals surface area contributed by atoms with Gasteiger partial charge in [-0.2, -0.15) is 0 Å². The molecule has 0 atom stereocenters. The van der Waals surface area contributed by atoms with Crippen LogP contribution in [0.1, 0.15) is 37.6 Å². The van der Waals surface area contributed by atoms with Crippen LogP contribution in [0.4, 0.5) is 0 Å². The van der Waals surface area contributed by atoms with E-state index in [1.54, 1.807) is 11.3 Å². The average molecular weight is 264 g/mol. The Kier molecular flexibility index (Phi) is 4.55. The Bertz CT molecular complexity index is 507. The molecule has 0 bridgehead atoms. The molecule has 98 valence electrons. The minimum atomic E-state index is 0.465. The molecule has 0 radical (unpaired) electrons. The molecule has 0 aliphatic rings. The van der Waals surface area contributed by atoms with E-state index < -0.39 is 0 Å². The molecule has 2 aromatic rings. The van der Waals surface area contributed by atoms with Crippen molar-refractivity contribution in [1.82, 2.24) is 4.98 Å². The first-order valence-electron chi connectivity index (χ1n) is 6.44. The third-order valence-corrected chi connectivity index (χ3v) is 4.07. The van der Waals surface area contributed by atoms with Crippen LogP contribution < -0.4 is 10.5 Å². The van der Waals surface area contributed by atoms with Gasteiger partial charge in [-0.05, 0) is 31.5 Å². The molecule has 4 heteroatoms. The number of fused-ring (bicyclic) bond motifs is 1. The van der Waals surface area contributed by atoms with Gasteiger partial charge in [0.05, 0.1) is 16.3 Å². The topological polar surface area (TPSA) is 48.1 Å². The molecule has 18 heavy (non-hydrogen) atoms. The van der Waals surface area contributed by atoms with E-state index in [9.17, 15) is 0 Å². The summed E-state index contributed by atoms with van der Waals surface area (Å²) in [7, 11) is 0. The predicted octanol–water partition coefficient (Wildman–Crippen LogP) is 3.54. The SMILES string of the molecule is CC(C)c1nc2c(OCCCCN)cccc2s1. The summed E-state index contributed by atoms with van der Waals surface area (Å²) in [5, 5.41) is 1.17. The lowest BCUT2D eigenvalue weighted by Crippen LogP contribution is -2.03. The van der Waals surface area contributed by atoms with E-state index in [4.69, 9.17) is 10.5 Å². The van der Waals surface area contributed by atoms with Crippen molar-refractivity contribution in [3.05, 3.63) is 23.2 Å². The molecule has 0 saturated heterocycles. The molecule has 3 nitrogen and oxygen atoms in total. The lowest BCUT2D eigenvalue weighted by atomic mass is 10.2. The molecular weight excluding hydrogens is 244 g/mol. The van der Waals surface area contributed by atoms with Gasteiger partial charge in [0.15, 0.2) is 0 Å². The molecule has 0 aliphatic heterocycles. The maximum absolute atomic E-state index is 5.80. The summed E-state index contributed by atoms with van der Waals surface area (Å²) in [4.78, 5) is 4.68. The van der Waals surface area contributed by atoms with Gasteiger partial charge in [-0.15, -0.1) is 11.3 Å². The van der Waals surface area contributed by atoms with Crippen LogP contribution in [0.3, 0.4) is 0 Å². The Hall–Kier alpha value is -1.13. The standard InChI is InChI=1S/C14H20N2OS/c1-10(2)14-16-13-11(17-9-4-3-8-15)6-5-7-12(13)18-14/h5-7,10H,3-4,8-9,15H2,1-2H3. The summed E-state index contributed by atoms with van der Waals surface area (Å²) < 4.78 is 7.01. The van der Waals surface area contributed by atoms with Crippen LogP contribution in [0, 0.1) is 0 Å². The average Bonchev–Trinajstić information content (AvgIpc) is 2.79. The molecule has 0 aliphatic carbocycles. The molecular formula is C14H20N2OS. The van der Waals surface area contributed by atoms with Crippen LogP contribution >= 0.6 is 11.3 Å². The van der Waals surface area contributed by atoms with E-state index in [1.165, 1.54) is 9.71 Å². The summed E-state index contributed by atoms with van der Waals surface area (Å²) >= 11 is 1.75. The Morgan fingerprint density at radius 1 is 1.33 bits per heavy atom. The van der Waals surface area contributed by atoms with Crippen LogP contribution in [0.5, 0.6) is 5.75 Å². The maximum Gasteiger partial charge on any atom is 0.146 e. The van der Waals surface area contributed by atoms with Crippen molar-refractivity contribution in [2.75, 3.05) is 13.2 Å². The normalized spacial score (nSPS) is 11.3. The van der Waals surface area contributed by atoms with Crippen LogP contribution in [0.2, 0.25) is 0 Å². The van der Waals surface area contributed by atoms with Crippen LogP contribution in [-0.2, 0) is 0 Å². The van der Waals surface area contributed by atoms with Crippen LogP contribution in [0.15, 0.2) is 18.2 Å². The molecule has 2 N–H and O–H groups in total. The second-order valence-electron chi connectivity index (χ2n) is 4.65. The zero-order valence-corrected chi connectivity index (χ0v) is 11.8. The summed E-state index contributed by atoms with van der Waals surface area (Å²) in [6.45, 7) is 5.77. The third-order valence-electron chi connectivity index (χ3n) is 2.75. The van der Waals surface area contributed by atoms with Crippen molar-refractivity contribution >= 4 is 21.6 Å². The fraction of sp³-hybridized carbons (Fsp3) is 0.500. The number of benzene rings is 1. The molecule has 0 fully saturated rings. The third kappa shape index (κ3) is 3.00. The predicted molar refractivity (Wildman–Crippen MR) is 77.5 cm³/mol. The van der Waals surface area contributed by atoms with E-state index in [1.807, 2.05) is 12.1 Å². The van der Waals surface area contributed by atoms with Gasteiger partial charge in [-0.1, -0.05) is 19.9 Å². The van der Waals surface area contributed by atoms with E-state index in [0.29, 0.717) is 12.5 Å². The number of thiazole rings is 1. The Morgan fingerprint density at radius 3 is 2.89 bits per heavy atom. The van der Waals surface area contributed by atoms with Gasteiger partial charge in [0.2, 0.25) is 0 Å². The van der Waals surface area contributed by atoms with Gasteiger partial charge in [0, 0.05) is 5.92 Å². The number of hydrogen-bond donors (Lipinski definition) is 1. The van der Waals surface area contributed by atoms with Crippen LogP contribution in [0.25, 0.3) is 10.2 Å². The highest BCUT2D eigenvalue weighted by Gasteiger charge is 2.10. The first-order valence-corrected chi connectivity index (χ1v) is 7.26. The fourth-order valence-corrected chi connectivity index (χ4v) is 2.72. The minimum Gasteiger partial charge on any atom is -0.491 e. The van der Waals surface area contributed by atoms with Crippen molar-refractivity contribution in [3.8, 4) is 5.75 Å². The minimum absolute atomic E-state index is 0.465. The number of aromatic nitrogens is 1. The highest BCUT2D eigenvalue weighted by Crippen LogP contribution is 2.32. The number of nitrogens with two attached hydrogens (primary N) is 1. The zero-order chi connectivity index (χ0) is 13.0. The summed E-state index contributed by atoms with van der Waals surface area (Å²) in [6, 6.07) is 6.13. The van der Waals surface area contributed by atoms with Gasteiger partial charge in [0.1, 0.15) is 11.3 Å². The van der Waals surface area contributed by atoms with E-state index in [2.05, 4.69) is 24.9 Å². The smallest absolute Gasteiger partial charge is 0.146 e. The number of unbranched alkanes of at least 4 members (excludes halogenated alkanes) is 1. The van der Waals surface area contributed by atoms with Gasteiger partial charge in [0.25, 0.3) is 0 Å². The molecule has 2 rings (SSSR count). The van der Waals surface area contributed by atoms with E-state index in [0.717, 1.165) is 30.7 Å². The highest BCUT2D eigenvalue weighted by atomic mass is 32.1. The number of nitrogens with zero attached hydrogens (tertiary/aromatic N) is 1. The maximum atomic E-state index is 5.80. The van der Waals surface area contributed by atoms with Gasteiger partial charge < -0.3 is 10.5 Å². The quantitative estimate of drug-likeness (QED) is 0.812. The lowest BCUT2D eigenvalue weighted by Gasteiger charge is -2.05. The Labute approximate surface area is 112 Å². The van der Waals surface area contributed by atoms with E-state index >= 15 is 0 Å². The number of rotatable bonds is 6. The van der Waals surface area contributed by atoms with Gasteiger partial charge in [-0.3, -0.25) is 0 Å². The lowest BCUT2D eigenvalue weighted by molar-refractivity contribution is 0.311. The van der Waals surface area contributed by atoms with Crippen molar-refractivity contribution in [3.63, 3.8) is 0 Å². The van der Waals surface area contributed by atoms with Crippen molar-refractivity contribution in [1.29, 1.82) is 0 Å². The molecule has 1 aromatic carbocycles. The highest BCUT2D eigenvalue weighted by molar-refractivity contribution is 7.18. The summed E-state index contributed by atoms with van der Waals surface area (Å²) in [6.07, 6.45) is 2.00. The van der Waals surface area contributed by atoms with Crippen LogP contribution in [-0.4, -0.2) is 18.1 Å². The Balaban J connectivity index is 2.16. The first-order chi connectivity index (χ1) is 8.72. The second kappa shape index (κ2) is 6.16. The Morgan fingerprint density at radius 2 is 2.17 bits per heavy atom. The van der Waals surface area contributed by atoms with Crippen molar-refractivity contribution in [2.45, 2.75) is 32.6 Å². The second-order valence-corrected chi connectivity index (χ2v) is 5.72. The monoisotopic (exact) mass is 264 g/mol. The summed E-state index contributed by atoms with van der Waals surface area (Å²) in [5.74, 6) is 1.36. The van der Waals surface area contributed by atoms with Gasteiger partial charge >= 0.3 is 0 Å². The molecule has 1 heterocycles. The zero-order valence-electron chi connectivity index (χ0n) is 11.0. The number of para-hydroxylation sites is 1. The molecule has 0 spiro atoms.